The van der Waals surface area contributed by atoms with Gasteiger partial charge in [-0.1, -0.05) is 69.1 Å². The molecule has 3 aromatic rings. The third-order valence-electron chi connectivity index (χ3n) is 3.64. The van der Waals surface area contributed by atoms with Gasteiger partial charge in [0.25, 0.3) is 0 Å². The molecule has 1 heterocycles. The second-order valence-corrected chi connectivity index (χ2v) is 8.28. The van der Waals surface area contributed by atoms with E-state index < -0.39 is 0 Å². The number of ether oxygens (including phenoxy) is 1. The van der Waals surface area contributed by atoms with Crippen molar-refractivity contribution in [2.75, 3.05) is 0 Å². The highest BCUT2D eigenvalue weighted by atomic mass is 79.9. The number of halogens is 3. The van der Waals surface area contributed by atoms with Crippen LogP contribution in [-0.4, -0.2) is 14.8 Å². The molecule has 0 atom stereocenters. The van der Waals surface area contributed by atoms with E-state index in [1.165, 1.54) is 5.56 Å². The highest BCUT2D eigenvalue weighted by molar-refractivity contribution is 9.10. The van der Waals surface area contributed by atoms with Crippen LogP contribution in [0.25, 0.3) is 0 Å². The molecule has 3 rings (SSSR count). The average molecular weight is 485 g/mol. The summed E-state index contributed by atoms with van der Waals surface area (Å²) in [5.74, 6) is 2.01. The molecule has 4 nitrogen and oxygen atoms in total. The van der Waals surface area contributed by atoms with Crippen LogP contribution in [0.15, 0.2) is 64.7 Å². The van der Waals surface area contributed by atoms with E-state index in [0.29, 0.717) is 28.2 Å². The Kier molecular flexibility index (Phi) is 7.24. The number of rotatable bonds is 8. The predicted octanol–water partition coefficient (Wildman–Crippen LogP) is 6.40. The van der Waals surface area contributed by atoms with E-state index in [1.807, 2.05) is 22.8 Å². The third kappa shape index (κ3) is 5.51. The summed E-state index contributed by atoms with van der Waals surface area (Å²) in [6.07, 6.45) is 1.81. The van der Waals surface area contributed by atoms with E-state index in [9.17, 15) is 0 Å². The molecule has 2 aromatic carbocycles. The molecule has 0 aliphatic rings. The molecule has 0 bridgehead atoms. The number of nitrogens with zero attached hydrogens (tertiary/aromatic N) is 3. The first-order valence-electron chi connectivity index (χ1n) is 8.05. The van der Waals surface area contributed by atoms with Crippen LogP contribution < -0.4 is 4.74 Å². The van der Waals surface area contributed by atoms with Crippen LogP contribution in [0.3, 0.4) is 0 Å². The number of hydrogen-bond acceptors (Lipinski definition) is 4. The molecule has 8 heteroatoms. The molecule has 0 saturated carbocycles. The van der Waals surface area contributed by atoms with Gasteiger partial charge in [-0.25, -0.2) is 0 Å². The largest absolute Gasteiger partial charge is 0.484 e. The number of benzene rings is 2. The monoisotopic (exact) mass is 483 g/mol. The minimum Gasteiger partial charge on any atom is -0.484 e. The quantitative estimate of drug-likeness (QED) is 0.273. The van der Waals surface area contributed by atoms with E-state index in [-0.39, 0.29) is 6.61 Å². The van der Waals surface area contributed by atoms with Crippen molar-refractivity contribution < 1.29 is 4.74 Å². The lowest BCUT2D eigenvalue weighted by atomic mass is 10.2. The first kappa shape index (κ1) is 20.3. The zero-order chi connectivity index (χ0) is 19.2. The van der Waals surface area contributed by atoms with Crippen LogP contribution in [-0.2, 0) is 18.9 Å². The summed E-state index contributed by atoms with van der Waals surface area (Å²) in [5, 5.41) is 10.4. The molecule has 0 amide bonds. The van der Waals surface area contributed by atoms with Crippen LogP contribution in [0.2, 0.25) is 10.0 Å². The van der Waals surface area contributed by atoms with Gasteiger partial charge >= 0.3 is 0 Å². The summed E-state index contributed by atoms with van der Waals surface area (Å²) in [6.45, 7) is 4.65. The molecular formula is C19H16BrCl2N3OS. The topological polar surface area (TPSA) is 39.9 Å². The summed E-state index contributed by atoms with van der Waals surface area (Å²) in [6, 6.07) is 13.3. The number of allylic oxidation sites excluding steroid dienone is 1. The van der Waals surface area contributed by atoms with Crippen molar-refractivity contribution in [1.29, 1.82) is 0 Å². The van der Waals surface area contributed by atoms with Crippen LogP contribution in [0.4, 0.5) is 0 Å². The molecule has 0 radical (unpaired) electrons. The fourth-order valence-electron chi connectivity index (χ4n) is 2.30. The highest BCUT2D eigenvalue weighted by Gasteiger charge is 2.13. The van der Waals surface area contributed by atoms with Crippen LogP contribution >= 0.6 is 50.9 Å². The molecule has 0 N–H and O–H groups in total. The first-order chi connectivity index (χ1) is 13.1. The summed E-state index contributed by atoms with van der Waals surface area (Å²) < 4.78 is 8.83. The second-order valence-electron chi connectivity index (χ2n) is 5.58. The van der Waals surface area contributed by atoms with Crippen LogP contribution in [0.5, 0.6) is 5.75 Å². The van der Waals surface area contributed by atoms with Crippen molar-refractivity contribution in [3.8, 4) is 5.75 Å². The summed E-state index contributed by atoms with van der Waals surface area (Å²) in [7, 11) is 0. The van der Waals surface area contributed by atoms with Crippen LogP contribution in [0, 0.1) is 0 Å². The van der Waals surface area contributed by atoms with Gasteiger partial charge in [0, 0.05) is 27.9 Å². The summed E-state index contributed by atoms with van der Waals surface area (Å²) >= 11 is 17.2. The van der Waals surface area contributed by atoms with Gasteiger partial charge in [0.1, 0.15) is 12.4 Å². The van der Waals surface area contributed by atoms with Gasteiger partial charge in [-0.2, -0.15) is 0 Å². The summed E-state index contributed by atoms with van der Waals surface area (Å²) in [5.41, 5.74) is 1.21. The lowest BCUT2D eigenvalue weighted by molar-refractivity contribution is 0.289. The van der Waals surface area contributed by atoms with E-state index in [4.69, 9.17) is 27.9 Å². The number of aromatic nitrogens is 3. The van der Waals surface area contributed by atoms with Crippen LogP contribution in [0.1, 0.15) is 11.4 Å². The maximum Gasteiger partial charge on any atom is 0.191 e. The molecule has 0 aliphatic carbocycles. The smallest absolute Gasteiger partial charge is 0.191 e. The Morgan fingerprint density at radius 1 is 1.15 bits per heavy atom. The normalized spacial score (nSPS) is 10.8. The van der Waals surface area contributed by atoms with Gasteiger partial charge in [0.2, 0.25) is 0 Å². The number of hydrogen-bond donors (Lipinski definition) is 0. The molecule has 27 heavy (non-hydrogen) atoms. The first-order valence-corrected chi connectivity index (χ1v) is 10.6. The molecule has 0 spiro atoms. The van der Waals surface area contributed by atoms with Gasteiger partial charge in [-0.05, 0) is 29.8 Å². The SMILES string of the molecule is C=CCn1c(COc2cc(Cl)ccc2Cl)nnc1SCc1ccc(Br)cc1. The van der Waals surface area contributed by atoms with E-state index in [0.717, 1.165) is 15.4 Å². The Labute approximate surface area is 180 Å². The fraction of sp³-hybridized carbons (Fsp3) is 0.158. The standard InChI is InChI=1S/C19H16BrCl2N3OS/c1-2-9-25-18(11-26-17-10-15(21)7-8-16(17)22)23-24-19(25)27-12-13-3-5-14(20)6-4-13/h2-8,10H,1,9,11-12H2. The minimum absolute atomic E-state index is 0.236. The fourth-order valence-corrected chi connectivity index (χ4v) is 3.82. The Morgan fingerprint density at radius 3 is 2.67 bits per heavy atom. The van der Waals surface area contributed by atoms with E-state index in [1.54, 1.807) is 30.0 Å². The second kappa shape index (κ2) is 9.64. The zero-order valence-electron chi connectivity index (χ0n) is 14.2. The van der Waals surface area contributed by atoms with Crippen molar-refractivity contribution in [2.24, 2.45) is 0 Å². The van der Waals surface area contributed by atoms with Gasteiger partial charge in [-0.3, -0.25) is 4.57 Å². The highest BCUT2D eigenvalue weighted by Crippen LogP contribution is 2.29. The molecule has 1 aromatic heterocycles. The summed E-state index contributed by atoms with van der Waals surface area (Å²) in [4.78, 5) is 0. The van der Waals surface area contributed by atoms with Crippen molar-refractivity contribution in [3.05, 3.63) is 81.0 Å². The molecule has 0 fully saturated rings. The van der Waals surface area contributed by atoms with E-state index >= 15 is 0 Å². The molecule has 0 unspecified atom stereocenters. The Balaban J connectivity index is 1.71. The zero-order valence-corrected chi connectivity index (χ0v) is 18.2. The molecule has 140 valence electrons. The Bertz CT molecular complexity index is 931. The average Bonchev–Trinajstić information content (AvgIpc) is 3.04. The van der Waals surface area contributed by atoms with Gasteiger partial charge in [-0.15, -0.1) is 16.8 Å². The maximum absolute atomic E-state index is 6.15. The molecule has 0 saturated heterocycles. The van der Waals surface area contributed by atoms with Crippen molar-refractivity contribution in [2.45, 2.75) is 24.1 Å². The van der Waals surface area contributed by atoms with Gasteiger partial charge < -0.3 is 4.74 Å². The molecular weight excluding hydrogens is 469 g/mol. The lowest BCUT2D eigenvalue weighted by Gasteiger charge is -2.10. The third-order valence-corrected chi connectivity index (χ3v) is 5.75. The van der Waals surface area contributed by atoms with Crippen molar-refractivity contribution in [3.63, 3.8) is 0 Å². The van der Waals surface area contributed by atoms with Gasteiger partial charge in [0.15, 0.2) is 11.0 Å². The van der Waals surface area contributed by atoms with Crippen molar-refractivity contribution in [1.82, 2.24) is 14.8 Å². The molecule has 0 aliphatic heterocycles. The number of thioether (sulfide) groups is 1. The van der Waals surface area contributed by atoms with Gasteiger partial charge in [0.05, 0.1) is 5.02 Å². The minimum atomic E-state index is 0.236. The van der Waals surface area contributed by atoms with E-state index in [2.05, 4.69) is 44.8 Å². The Hall–Kier alpha value is -1.47. The Morgan fingerprint density at radius 2 is 1.93 bits per heavy atom. The lowest BCUT2D eigenvalue weighted by Crippen LogP contribution is -2.07. The van der Waals surface area contributed by atoms with Crippen molar-refractivity contribution >= 4 is 50.9 Å². The predicted molar refractivity (Wildman–Crippen MR) is 115 cm³/mol. The maximum atomic E-state index is 6.15.